The first kappa shape index (κ1) is 98.3. The van der Waals surface area contributed by atoms with Crippen LogP contribution in [0.4, 0.5) is 22.7 Å². The number of carbonyl (C=O) groups excluding carboxylic acids is 6. The van der Waals surface area contributed by atoms with Crippen LogP contribution in [-0.4, -0.2) is 216 Å². The Morgan fingerprint density at radius 2 is 0.822 bits per heavy atom. The number of ether oxygens (including phenoxy) is 2. The van der Waals surface area contributed by atoms with Crippen molar-refractivity contribution in [3.63, 3.8) is 0 Å². The van der Waals surface area contributed by atoms with Crippen LogP contribution in [0.3, 0.4) is 0 Å². The zero-order valence-corrected chi connectivity index (χ0v) is 80.2. The van der Waals surface area contributed by atoms with Crippen LogP contribution in [0, 0.1) is 65.8 Å². The number of aliphatic hydroxyl groups is 1. The Morgan fingerprint density at radius 3 is 1.19 bits per heavy atom. The molecule has 5 saturated heterocycles. The molecule has 29 heteroatoms. The third-order valence-electron chi connectivity index (χ3n) is 26.1. The molecule has 4 aromatic carbocycles. The van der Waals surface area contributed by atoms with Crippen molar-refractivity contribution in [1.82, 2.24) is 57.8 Å². The van der Waals surface area contributed by atoms with Crippen LogP contribution >= 0.6 is 15.9 Å². The van der Waals surface area contributed by atoms with Gasteiger partial charge in [0.1, 0.15) is 17.3 Å². The Morgan fingerprint density at radius 1 is 0.481 bits per heavy atom. The predicted molar refractivity (Wildman–Crippen MR) is 530 cm³/mol. The normalized spacial score (nSPS) is 16.6. The fraction of sp³-hybridized carbons (Fsp3) is 0.396. The van der Waals surface area contributed by atoms with E-state index >= 15 is 0 Å². The number of halogens is 1. The lowest BCUT2D eigenvalue weighted by Gasteiger charge is -2.34. The first-order valence-electron chi connectivity index (χ1n) is 46.5. The van der Waals surface area contributed by atoms with Gasteiger partial charge in [0, 0.05) is 132 Å². The van der Waals surface area contributed by atoms with Crippen molar-refractivity contribution in [2.24, 2.45) is 11.8 Å². The van der Waals surface area contributed by atoms with Gasteiger partial charge < -0.3 is 32.8 Å². The minimum Gasteiger partial charge on any atom is -0.495 e. The molecule has 0 spiro atoms. The molecule has 0 radical (unpaired) electrons. The highest BCUT2D eigenvalue weighted by Crippen LogP contribution is 2.38. The number of sulfone groups is 1. The molecule has 698 valence electrons. The fourth-order valence-corrected chi connectivity index (χ4v) is 20.2. The zero-order valence-electron chi connectivity index (χ0n) is 77.8. The Kier molecular flexibility index (Phi) is 32.9. The summed E-state index contributed by atoms with van der Waals surface area (Å²) >= 11 is 3.52. The maximum atomic E-state index is 13.6. The minimum atomic E-state index is -3.31. The van der Waals surface area contributed by atoms with Crippen LogP contribution in [0.5, 0.6) is 5.75 Å². The van der Waals surface area contributed by atoms with Gasteiger partial charge in [-0.1, -0.05) is 81.8 Å². The van der Waals surface area contributed by atoms with Crippen molar-refractivity contribution in [3.05, 3.63) is 264 Å². The summed E-state index contributed by atoms with van der Waals surface area (Å²) in [5, 5.41) is 10.7. The minimum absolute atomic E-state index is 0.00643. The van der Waals surface area contributed by atoms with Crippen molar-refractivity contribution in [1.29, 1.82) is 0 Å². The fourth-order valence-electron chi connectivity index (χ4n) is 19.2. The summed E-state index contributed by atoms with van der Waals surface area (Å²) in [4.78, 5) is 120. The van der Waals surface area contributed by atoms with Gasteiger partial charge in [0.2, 0.25) is 0 Å². The molecule has 13 heterocycles. The zero-order chi connectivity index (χ0) is 95.7. The van der Waals surface area contributed by atoms with Gasteiger partial charge in [-0.2, -0.15) is 0 Å². The van der Waals surface area contributed by atoms with Crippen LogP contribution in [0.2, 0.25) is 0 Å². The number of aromatic nitrogens is 8. The summed E-state index contributed by atoms with van der Waals surface area (Å²) < 4.78 is 42.7. The number of piperidine rings is 4. The first-order valence-corrected chi connectivity index (χ1v) is 49.0. The molecule has 17 rings (SSSR count). The lowest BCUT2D eigenvalue weighted by molar-refractivity contribution is -0.119. The second-order valence-corrected chi connectivity index (χ2v) is 39.1. The highest BCUT2D eigenvalue weighted by Gasteiger charge is 2.33. The maximum Gasteiger partial charge on any atom is 0.187 e. The number of hydrogen-bond donors (Lipinski definition) is 1. The molecule has 3 atom stereocenters. The topological polar surface area (TPSA) is 280 Å². The molecule has 8 aromatic heterocycles. The van der Waals surface area contributed by atoms with Gasteiger partial charge in [-0.25, -0.2) is 32.8 Å². The molecule has 0 amide bonds. The second kappa shape index (κ2) is 45.1. The van der Waals surface area contributed by atoms with E-state index in [-0.39, 0.29) is 71.9 Å². The van der Waals surface area contributed by atoms with Crippen molar-refractivity contribution in [2.45, 2.75) is 163 Å². The molecule has 5 fully saturated rings. The number of ketones is 6. The van der Waals surface area contributed by atoms with Crippen LogP contribution in [0.25, 0.3) is 86.3 Å². The molecule has 12 aromatic rings. The van der Waals surface area contributed by atoms with Crippen LogP contribution in [-0.2, 0) is 37.0 Å². The number of Topliss-reactive ketones (excluding diaryl/α,β-unsaturated/α-hetero) is 6. The van der Waals surface area contributed by atoms with E-state index in [0.29, 0.717) is 157 Å². The number of aryl methyl sites for hydroxylation is 2. The average molecular weight is 1900 g/mol. The van der Waals surface area contributed by atoms with E-state index in [4.69, 9.17) is 45.7 Å². The number of nitrogens with zero attached hydrogens (tertiary/aromatic N) is 16. The maximum absolute atomic E-state index is 13.6. The highest BCUT2D eigenvalue weighted by molar-refractivity contribution is 9.10. The van der Waals surface area contributed by atoms with Gasteiger partial charge in [-0.05, 0) is 230 Å². The number of benzene rings is 4. The summed E-state index contributed by atoms with van der Waals surface area (Å²) in [7, 11) is -1.72. The summed E-state index contributed by atoms with van der Waals surface area (Å²) in [5.41, 5.74) is 19.6. The molecule has 27 nitrogen and oxygen atoms in total. The number of likely N-dealkylation sites (tertiary alicyclic amines) is 4. The van der Waals surface area contributed by atoms with Gasteiger partial charge in [-0.15, -0.1) is 0 Å². The number of hydrogen-bond acceptors (Lipinski definition) is 19. The Balaban J connectivity index is 0.000000145. The molecule has 0 bridgehead atoms. The number of epoxide rings is 1. The number of rotatable bonds is 31. The second-order valence-electron chi connectivity index (χ2n) is 36.1. The third kappa shape index (κ3) is 24.2. The molecule has 1 N–H and O–H groups in total. The van der Waals surface area contributed by atoms with Crippen molar-refractivity contribution in [3.8, 4) is 28.5 Å². The van der Waals surface area contributed by atoms with E-state index in [1.807, 2.05) is 110 Å². The molecular weight excluding hydrogens is 1790 g/mol. The lowest BCUT2D eigenvalue weighted by atomic mass is 9.91. The molecule has 5 aliphatic heterocycles. The van der Waals surface area contributed by atoms with Gasteiger partial charge >= 0.3 is 0 Å². The summed E-state index contributed by atoms with van der Waals surface area (Å²) in [6, 6.07) is 37.3. The quantitative estimate of drug-likeness (QED) is 0.0240. The van der Waals surface area contributed by atoms with E-state index in [9.17, 15) is 42.3 Å². The standard InChI is InChI=1S/C30H34N4O4S.C29H32N4O3.C24H25BrN4O.C23H24N4O3/c1-4-39(37,38)18-8-9-26(35)15-10-23-19-27-30(32-20-23)29(28(36)21-33-16-6-5-7-17-33)22(2)34(27)25-13-11-24(31-3)12-14-25;1-20-28(27(35)18-32-14-4-3-5-15-32)29-26(33(20)23-9-7-22(30-2)8-10-23)16-21(17-31-29)6-11-24(34)12-13-25-19-36-25;1-15-9-16(2)13-28(12-15)14-22(30)23-17(3)29(20-7-5-19(26-4)6-8-20)21-10-18(25)11-27-24(21)23;1-15-22(21(29)14-26-10-8-18(28)9-11-26)23-20(12-19(30-3)13-25-23)27(15)17-6-4-16(24-2)5-7-17/h4,11-14,19-20H,1,5-10,15-18,21H2,2H3;7-10,16-17,25H,3-6,11-15,18-19H2,1H3;5-8,10-11,15-16H,9,12-14H2,1-3H3;4-7,12-13,18,28H,8-11,14H2,1,3H3/t;;15-,16+;. The number of pyridine rings is 4. The number of carbonyl (C=O) groups is 6. The lowest BCUT2D eigenvalue weighted by Crippen LogP contribution is -2.41. The highest BCUT2D eigenvalue weighted by atomic mass is 79.9. The molecule has 5 aliphatic rings. The van der Waals surface area contributed by atoms with E-state index in [1.54, 1.807) is 74.2 Å². The van der Waals surface area contributed by atoms with E-state index in [2.05, 4.69) is 101 Å². The van der Waals surface area contributed by atoms with Gasteiger partial charge in [-0.3, -0.25) is 63.3 Å². The third-order valence-corrected chi connectivity index (χ3v) is 27.9. The smallest absolute Gasteiger partial charge is 0.187 e. The van der Waals surface area contributed by atoms with E-state index in [1.165, 1.54) is 19.3 Å². The van der Waals surface area contributed by atoms with Crippen molar-refractivity contribution in [2.75, 3.05) is 98.0 Å². The number of methoxy groups -OCH3 is 1. The van der Waals surface area contributed by atoms with Crippen molar-refractivity contribution >= 4 is 127 Å². The van der Waals surface area contributed by atoms with Gasteiger partial charge in [0.15, 0.2) is 55.7 Å². The largest absolute Gasteiger partial charge is 0.495 e. The summed E-state index contributed by atoms with van der Waals surface area (Å²) in [6.07, 6.45) is 20.1. The molecule has 0 saturated carbocycles. The molecule has 1 unspecified atom stereocenters. The monoisotopic (exact) mass is 1900 g/mol. The summed E-state index contributed by atoms with van der Waals surface area (Å²) in [5.74, 6) is 2.25. The Hall–Kier alpha value is -12.7. The van der Waals surface area contributed by atoms with Crippen molar-refractivity contribution < 1.29 is 51.8 Å². The molecule has 135 heavy (non-hydrogen) atoms. The predicted octanol–water partition coefficient (Wildman–Crippen LogP) is 20.0. The SMILES string of the molecule is [C-]#[N+]c1ccc(-n2c(C)c(C(=O)CN3CCC(O)CC3)c3ncc(OC)cc32)cc1.[C-]#[N+]c1ccc(-n2c(C)c(C(=O)CN3CCCCC3)c3ncc(CCC(=O)CCC4CO4)cc32)cc1.[C-]#[N+]c1ccc(-n2c(C)c(C(=O)CN3CCCCC3)c3ncc(CCC(=O)CCCS(=O)(=O)C=C)cc32)cc1.[C-]#[N+]c1ccc(-n2c(C)c(C(=O)CN3C[C@H](C)C[C@H](C)C3)c3ncc(Br)cc32)cc1. The van der Waals surface area contributed by atoms with Gasteiger partial charge in [0.25, 0.3) is 0 Å². The van der Waals surface area contributed by atoms with Crippen LogP contribution in [0.1, 0.15) is 185 Å². The molecular formula is C106H115BrN16O11S. The van der Waals surface area contributed by atoms with Gasteiger partial charge in [0.05, 0.1) is 157 Å². The summed E-state index contributed by atoms with van der Waals surface area (Å²) in [6.45, 7) is 53.9. The Bertz CT molecular complexity index is 6690. The van der Waals surface area contributed by atoms with Crippen LogP contribution in [0.15, 0.2) is 163 Å². The van der Waals surface area contributed by atoms with E-state index in [0.717, 1.165) is 172 Å². The Labute approximate surface area is 797 Å². The molecule has 0 aliphatic carbocycles. The number of aliphatic hydroxyl groups excluding tert-OH is 1. The van der Waals surface area contributed by atoms with E-state index < -0.39 is 9.84 Å². The first-order chi connectivity index (χ1) is 65.1. The number of fused-ring (bicyclic) bond motifs is 4. The van der Waals surface area contributed by atoms with Crippen LogP contribution < -0.4 is 4.74 Å². The average Bonchev–Trinajstić information content (AvgIpc) is 1.61.